The first kappa shape index (κ1) is 39.1. The molecule has 2 N–H and O–H groups in total. The number of hydrogen-bond acceptors (Lipinski definition) is 7. The number of amides is 5. The minimum absolute atomic E-state index is 0.0494. The lowest BCUT2D eigenvalue weighted by Gasteiger charge is -2.29. The Bertz CT molecular complexity index is 2120. The quantitative estimate of drug-likeness (QED) is 0.305. The molecule has 55 heavy (non-hydrogen) atoms. The predicted octanol–water partition coefficient (Wildman–Crippen LogP) is 4.56. The number of carbonyl (C=O) groups excluding carboxylic acids is 5. The Morgan fingerprint density at radius 3 is 2.44 bits per heavy atom. The van der Waals surface area contributed by atoms with Gasteiger partial charge in [-0.1, -0.05) is 42.5 Å². The van der Waals surface area contributed by atoms with Crippen LogP contribution in [-0.4, -0.2) is 113 Å². The van der Waals surface area contributed by atoms with Crippen LogP contribution < -0.4 is 15.4 Å². The summed E-state index contributed by atoms with van der Waals surface area (Å²) in [7, 11) is 5.03. The summed E-state index contributed by atoms with van der Waals surface area (Å²) in [5.41, 5.74) is 2.35. The highest BCUT2D eigenvalue weighted by Gasteiger charge is 2.38. The van der Waals surface area contributed by atoms with Crippen molar-refractivity contribution in [3.8, 4) is 5.75 Å². The van der Waals surface area contributed by atoms with Crippen molar-refractivity contribution in [2.75, 3.05) is 40.3 Å². The fourth-order valence-corrected chi connectivity index (χ4v) is 7.56. The normalized spacial score (nSPS) is 20.1. The molecule has 4 aromatic rings. The Morgan fingerprint density at radius 1 is 0.945 bits per heavy atom. The lowest BCUT2D eigenvalue weighted by Crippen LogP contribution is -2.49. The van der Waals surface area contributed by atoms with E-state index in [0.29, 0.717) is 36.1 Å². The summed E-state index contributed by atoms with van der Waals surface area (Å²) in [4.78, 5) is 72.8. The fraction of sp³-hybridized carbons (Fsp3) is 0.452. The summed E-state index contributed by atoms with van der Waals surface area (Å²) >= 11 is 0. The molecule has 0 aliphatic carbocycles. The van der Waals surface area contributed by atoms with E-state index in [1.165, 1.54) is 9.80 Å². The van der Waals surface area contributed by atoms with Crippen molar-refractivity contribution in [2.24, 2.45) is 7.05 Å². The number of nitrogens with one attached hydrogen (secondary N) is 2. The monoisotopic (exact) mass is 752 g/mol. The molecule has 1 fully saturated rings. The molecule has 1 aromatic heterocycles. The maximum Gasteiger partial charge on any atom is 0.407 e. The van der Waals surface area contributed by atoms with Crippen LogP contribution >= 0.6 is 0 Å². The maximum absolute atomic E-state index is 14.4. The molecule has 0 unspecified atom stereocenters. The zero-order valence-corrected chi connectivity index (χ0v) is 32.8. The second-order valence-corrected chi connectivity index (χ2v) is 15.7. The van der Waals surface area contributed by atoms with Gasteiger partial charge >= 0.3 is 6.09 Å². The minimum atomic E-state index is -0.968. The highest BCUT2D eigenvalue weighted by molar-refractivity contribution is 6.09. The van der Waals surface area contributed by atoms with Crippen LogP contribution in [0.25, 0.3) is 21.7 Å². The van der Waals surface area contributed by atoms with Crippen LogP contribution in [0.5, 0.6) is 5.75 Å². The van der Waals surface area contributed by atoms with Crippen molar-refractivity contribution < 1.29 is 33.4 Å². The van der Waals surface area contributed by atoms with E-state index in [0.717, 1.165) is 27.5 Å². The second kappa shape index (κ2) is 16.0. The number of fused-ring (bicyclic) bond motifs is 3. The molecule has 2 aliphatic heterocycles. The molecule has 6 rings (SSSR count). The van der Waals surface area contributed by atoms with Crippen molar-refractivity contribution in [3.63, 3.8) is 0 Å². The van der Waals surface area contributed by atoms with Crippen LogP contribution in [0, 0.1) is 6.92 Å². The number of carbonyl (C=O) groups is 5. The van der Waals surface area contributed by atoms with E-state index in [1.807, 2.05) is 54.9 Å². The number of nitrogens with zero attached hydrogens (tertiary/aromatic N) is 4. The van der Waals surface area contributed by atoms with Gasteiger partial charge in [0.05, 0.1) is 24.2 Å². The van der Waals surface area contributed by atoms with Crippen LogP contribution in [0.4, 0.5) is 4.79 Å². The minimum Gasteiger partial charge on any atom is -0.491 e. The van der Waals surface area contributed by atoms with Crippen LogP contribution in [0.3, 0.4) is 0 Å². The SMILES string of the molecule is Cc1c2c3cc(ccc3n1C)OC[C@@H]1C[C@@H](NC(=O)OC(C)(C)C)CN1C(=O)CN(C)C(=O)CC[C@@H](C(=O)NCCc1ccc3ccccc3c1)N(C)C2=O. The van der Waals surface area contributed by atoms with Gasteiger partial charge in [-0.15, -0.1) is 0 Å². The zero-order valence-electron chi connectivity index (χ0n) is 32.8. The number of hydrogen-bond donors (Lipinski definition) is 2. The van der Waals surface area contributed by atoms with Crippen LogP contribution in [0.1, 0.15) is 61.6 Å². The summed E-state index contributed by atoms with van der Waals surface area (Å²) in [6, 6.07) is 18.0. The molecule has 292 valence electrons. The van der Waals surface area contributed by atoms with Crippen molar-refractivity contribution in [3.05, 3.63) is 77.5 Å². The molecule has 0 radical (unpaired) electrons. The van der Waals surface area contributed by atoms with Gasteiger partial charge in [-0.05, 0) is 81.5 Å². The van der Waals surface area contributed by atoms with Gasteiger partial charge in [0.1, 0.15) is 24.0 Å². The fourth-order valence-electron chi connectivity index (χ4n) is 7.56. The van der Waals surface area contributed by atoms with E-state index in [1.54, 1.807) is 39.8 Å². The number of aromatic nitrogens is 1. The molecule has 5 amide bonds. The molecule has 0 saturated carbocycles. The average molecular weight is 753 g/mol. The van der Waals surface area contributed by atoms with Crippen LogP contribution in [-0.2, 0) is 32.6 Å². The summed E-state index contributed by atoms with van der Waals surface area (Å²) in [5.74, 6) is -0.855. The zero-order chi connectivity index (χ0) is 39.6. The highest BCUT2D eigenvalue weighted by Crippen LogP contribution is 2.31. The number of alkyl carbamates (subject to hydrolysis) is 1. The van der Waals surface area contributed by atoms with Crippen molar-refractivity contribution >= 4 is 51.4 Å². The second-order valence-electron chi connectivity index (χ2n) is 15.7. The van der Waals surface area contributed by atoms with E-state index in [4.69, 9.17) is 9.47 Å². The Balaban J connectivity index is 1.26. The van der Waals surface area contributed by atoms with Gasteiger partial charge in [0.15, 0.2) is 0 Å². The number of rotatable bonds is 5. The lowest BCUT2D eigenvalue weighted by molar-refractivity contribution is -0.140. The Labute approximate surface area is 321 Å². The summed E-state index contributed by atoms with van der Waals surface area (Å²) in [5, 5.41) is 8.81. The van der Waals surface area contributed by atoms with Crippen molar-refractivity contribution in [1.29, 1.82) is 0 Å². The molecule has 3 atom stereocenters. The van der Waals surface area contributed by atoms with Gasteiger partial charge < -0.3 is 39.4 Å². The van der Waals surface area contributed by atoms with E-state index in [9.17, 15) is 24.0 Å². The van der Waals surface area contributed by atoms with E-state index < -0.39 is 29.8 Å². The Morgan fingerprint density at radius 2 is 1.69 bits per heavy atom. The third-order valence-corrected chi connectivity index (χ3v) is 10.6. The molecule has 3 aromatic carbocycles. The van der Waals surface area contributed by atoms with Gasteiger partial charge in [-0.3, -0.25) is 19.2 Å². The Kier molecular flexibility index (Phi) is 11.4. The van der Waals surface area contributed by atoms with Gasteiger partial charge in [0.25, 0.3) is 5.91 Å². The van der Waals surface area contributed by atoms with Crippen molar-refractivity contribution in [1.82, 2.24) is 29.9 Å². The van der Waals surface area contributed by atoms with Crippen LogP contribution in [0.15, 0.2) is 60.7 Å². The smallest absolute Gasteiger partial charge is 0.407 e. The summed E-state index contributed by atoms with van der Waals surface area (Å²) in [6.45, 7) is 7.68. The van der Waals surface area contributed by atoms with Crippen molar-refractivity contribution in [2.45, 2.75) is 77.1 Å². The number of likely N-dealkylation sites (N-methyl/N-ethyl adjacent to an activating group) is 2. The molecule has 0 spiro atoms. The van der Waals surface area contributed by atoms with E-state index in [-0.39, 0.29) is 56.2 Å². The molecular weight excluding hydrogens is 700 g/mol. The third-order valence-electron chi connectivity index (χ3n) is 10.6. The maximum atomic E-state index is 14.4. The standard InChI is InChI=1S/C42H52N6O7/c1-26-38-33-22-32(14-15-34(33)46(26)6)54-25-31-21-30(44-41(53)55-42(2,3)4)23-48(31)37(50)24-45(5)36(49)17-16-35(47(7)40(38)52)39(51)43-19-18-27-12-13-28-10-8-9-11-29(28)20-27/h8-15,20,22,30-31,35H,16-19,21,23-25H2,1-7H3,(H,43,51)(H,44,53)/t30-,31+,35+/m1/s1. The van der Waals surface area contributed by atoms with Gasteiger partial charge in [0, 0.05) is 57.3 Å². The number of ether oxygens (including phenoxy) is 2. The predicted molar refractivity (Wildman–Crippen MR) is 210 cm³/mol. The third kappa shape index (κ3) is 8.87. The Hall–Kier alpha value is -5.59. The molecule has 1 saturated heterocycles. The topological polar surface area (TPSA) is 143 Å². The lowest BCUT2D eigenvalue weighted by atomic mass is 10.0. The first-order valence-corrected chi connectivity index (χ1v) is 18.9. The first-order valence-electron chi connectivity index (χ1n) is 18.9. The van der Waals surface area contributed by atoms with Gasteiger partial charge in [0.2, 0.25) is 17.7 Å². The molecule has 2 aliphatic rings. The van der Waals surface area contributed by atoms with Gasteiger partial charge in [-0.25, -0.2) is 4.79 Å². The first-order chi connectivity index (χ1) is 26.1. The average Bonchev–Trinajstić information content (AvgIpc) is 3.65. The summed E-state index contributed by atoms with van der Waals surface area (Å²) < 4.78 is 13.7. The highest BCUT2D eigenvalue weighted by atomic mass is 16.6. The summed E-state index contributed by atoms with van der Waals surface area (Å²) in [6.07, 6.45) is 0.405. The molecule has 3 heterocycles. The van der Waals surface area contributed by atoms with Crippen LogP contribution in [0.2, 0.25) is 0 Å². The number of benzene rings is 3. The van der Waals surface area contributed by atoms with E-state index >= 15 is 0 Å². The van der Waals surface area contributed by atoms with Gasteiger partial charge in [-0.2, -0.15) is 0 Å². The molecular formula is C42H52N6O7. The number of aryl methyl sites for hydroxylation is 1. The molecule has 2 bridgehead atoms. The molecule has 13 heteroatoms. The molecule has 13 nitrogen and oxygen atoms in total. The largest absolute Gasteiger partial charge is 0.491 e. The van der Waals surface area contributed by atoms with E-state index in [2.05, 4.69) is 34.9 Å².